The van der Waals surface area contributed by atoms with Gasteiger partial charge in [-0.05, 0) is 18.6 Å². The highest BCUT2D eigenvalue weighted by Gasteiger charge is 2.35. The molecule has 0 bridgehead atoms. The SMILES string of the molecule is C[C@@H]1C=CC2=C(N(NC(=O)c3n[nH]c(Cc4ccccc4)n3)CO2)N1OS. The third kappa shape index (κ3) is 3.49. The van der Waals surface area contributed by atoms with Gasteiger partial charge in [0.15, 0.2) is 18.3 Å². The molecular weight excluding hydrogens is 368 g/mol. The molecule has 2 N–H and O–H groups in total. The van der Waals surface area contributed by atoms with Crippen LogP contribution in [-0.4, -0.2) is 43.9 Å². The Kier molecular flexibility index (Phi) is 4.73. The van der Waals surface area contributed by atoms with Crippen molar-refractivity contribution in [2.24, 2.45) is 0 Å². The van der Waals surface area contributed by atoms with Gasteiger partial charge in [-0.1, -0.05) is 36.4 Å². The number of hydroxylamine groups is 2. The molecule has 2 aliphatic rings. The van der Waals surface area contributed by atoms with E-state index < -0.39 is 5.91 Å². The van der Waals surface area contributed by atoms with Crippen LogP contribution >= 0.6 is 12.9 Å². The van der Waals surface area contributed by atoms with Gasteiger partial charge in [0.1, 0.15) is 5.82 Å². The number of allylic oxidation sites excluding steroid dienone is 1. The minimum absolute atomic E-state index is 0.0488. The Morgan fingerprint density at radius 1 is 1.44 bits per heavy atom. The van der Waals surface area contributed by atoms with Crippen molar-refractivity contribution < 1.29 is 13.8 Å². The number of hydrogen-bond acceptors (Lipinski definition) is 8. The van der Waals surface area contributed by atoms with Gasteiger partial charge in [-0.3, -0.25) is 15.3 Å². The quantitative estimate of drug-likeness (QED) is 0.530. The number of amides is 1. The topological polar surface area (TPSA) is 95.6 Å². The zero-order valence-corrected chi connectivity index (χ0v) is 15.4. The van der Waals surface area contributed by atoms with Gasteiger partial charge in [0, 0.05) is 19.3 Å². The van der Waals surface area contributed by atoms with Crippen LogP contribution in [0.15, 0.2) is 54.1 Å². The van der Waals surface area contributed by atoms with Crippen LogP contribution in [0.2, 0.25) is 0 Å². The molecule has 0 unspecified atom stereocenters. The first kappa shape index (κ1) is 17.4. The molecule has 0 spiro atoms. The van der Waals surface area contributed by atoms with Gasteiger partial charge < -0.3 is 4.74 Å². The predicted molar refractivity (Wildman–Crippen MR) is 98.4 cm³/mol. The Morgan fingerprint density at radius 2 is 2.26 bits per heavy atom. The Balaban J connectivity index is 1.45. The van der Waals surface area contributed by atoms with Gasteiger partial charge in [0.25, 0.3) is 0 Å². The molecule has 0 aliphatic carbocycles. The Bertz CT molecular complexity index is 897. The van der Waals surface area contributed by atoms with E-state index in [-0.39, 0.29) is 18.6 Å². The number of hydrazine groups is 1. The van der Waals surface area contributed by atoms with E-state index in [0.29, 0.717) is 23.8 Å². The van der Waals surface area contributed by atoms with Crippen molar-refractivity contribution in [3.63, 3.8) is 0 Å². The molecule has 10 heteroatoms. The average molecular weight is 386 g/mol. The fourth-order valence-electron chi connectivity index (χ4n) is 2.88. The van der Waals surface area contributed by atoms with Crippen LogP contribution in [0.1, 0.15) is 28.9 Å². The van der Waals surface area contributed by atoms with E-state index in [0.717, 1.165) is 5.56 Å². The number of ether oxygens (including phenoxy) is 1. The fraction of sp³-hybridized carbons (Fsp3) is 0.235. The fourth-order valence-corrected chi connectivity index (χ4v) is 3.10. The molecule has 4 rings (SSSR count). The molecule has 2 aliphatic heterocycles. The van der Waals surface area contributed by atoms with Crippen LogP contribution in [0.4, 0.5) is 0 Å². The number of aromatic nitrogens is 3. The van der Waals surface area contributed by atoms with Crippen LogP contribution in [0.25, 0.3) is 0 Å². The normalized spacial score (nSPS) is 18.5. The molecule has 1 aromatic carbocycles. The maximum absolute atomic E-state index is 12.5. The summed E-state index contributed by atoms with van der Waals surface area (Å²) in [5, 5.41) is 9.87. The summed E-state index contributed by atoms with van der Waals surface area (Å²) in [6, 6.07) is 9.76. The van der Waals surface area contributed by atoms with E-state index in [1.807, 2.05) is 49.4 Å². The molecule has 0 saturated heterocycles. The monoisotopic (exact) mass is 386 g/mol. The van der Waals surface area contributed by atoms with Crippen LogP contribution in [0.3, 0.4) is 0 Å². The van der Waals surface area contributed by atoms with Crippen LogP contribution in [0.5, 0.6) is 0 Å². The number of carbonyl (C=O) groups excluding carboxylic acids is 1. The second-order valence-electron chi connectivity index (χ2n) is 6.11. The lowest BCUT2D eigenvalue weighted by molar-refractivity contribution is -0.0531. The molecule has 0 saturated carbocycles. The predicted octanol–water partition coefficient (Wildman–Crippen LogP) is 1.54. The Labute approximate surface area is 161 Å². The summed E-state index contributed by atoms with van der Waals surface area (Å²) in [5.74, 6) is 1.35. The smallest absolute Gasteiger partial charge is 0.309 e. The van der Waals surface area contributed by atoms with Gasteiger partial charge in [-0.25, -0.2) is 19.3 Å². The number of nitrogens with zero attached hydrogens (tertiary/aromatic N) is 4. The zero-order chi connectivity index (χ0) is 18.8. The van der Waals surface area contributed by atoms with Gasteiger partial charge in [-0.15, -0.1) is 5.10 Å². The minimum Gasteiger partial charge on any atom is -0.467 e. The van der Waals surface area contributed by atoms with Crippen molar-refractivity contribution in [2.75, 3.05) is 6.73 Å². The highest BCUT2D eigenvalue weighted by molar-refractivity contribution is 7.75. The van der Waals surface area contributed by atoms with E-state index >= 15 is 0 Å². The number of hydrogen-bond donors (Lipinski definition) is 3. The van der Waals surface area contributed by atoms with E-state index in [1.54, 1.807) is 0 Å². The molecule has 3 heterocycles. The summed E-state index contributed by atoms with van der Waals surface area (Å²) in [5.41, 5.74) is 3.81. The maximum atomic E-state index is 12.5. The molecule has 0 radical (unpaired) electrons. The summed E-state index contributed by atoms with van der Waals surface area (Å²) < 4.78 is 10.7. The lowest BCUT2D eigenvalue weighted by Gasteiger charge is -2.32. The first-order valence-corrected chi connectivity index (χ1v) is 8.72. The molecule has 140 valence electrons. The van der Waals surface area contributed by atoms with Gasteiger partial charge in [-0.2, -0.15) is 0 Å². The van der Waals surface area contributed by atoms with Crippen molar-refractivity contribution >= 4 is 18.8 Å². The number of thiol groups is 1. The number of aromatic amines is 1. The second kappa shape index (κ2) is 7.33. The molecule has 9 nitrogen and oxygen atoms in total. The third-order valence-electron chi connectivity index (χ3n) is 4.20. The first-order valence-electron chi connectivity index (χ1n) is 8.35. The molecule has 2 aromatic rings. The lowest BCUT2D eigenvalue weighted by atomic mass is 10.1. The van der Waals surface area contributed by atoms with E-state index in [2.05, 4.69) is 33.5 Å². The maximum Gasteiger partial charge on any atom is 0.309 e. The molecule has 1 amide bonds. The summed E-state index contributed by atoms with van der Waals surface area (Å²) in [6.45, 7) is 2.07. The molecule has 27 heavy (non-hydrogen) atoms. The lowest BCUT2D eigenvalue weighted by Crippen LogP contribution is -2.46. The van der Waals surface area contributed by atoms with Crippen molar-refractivity contribution in [1.82, 2.24) is 30.7 Å². The van der Waals surface area contributed by atoms with Gasteiger partial charge in [0.05, 0.1) is 6.04 Å². The summed E-state index contributed by atoms with van der Waals surface area (Å²) in [6.07, 6.45) is 4.30. The number of nitrogens with one attached hydrogen (secondary N) is 2. The van der Waals surface area contributed by atoms with Crippen molar-refractivity contribution in [3.05, 3.63) is 71.3 Å². The van der Waals surface area contributed by atoms with Crippen molar-refractivity contribution in [3.8, 4) is 0 Å². The summed E-state index contributed by atoms with van der Waals surface area (Å²) in [4.78, 5) is 16.8. The summed E-state index contributed by atoms with van der Waals surface area (Å²) in [7, 11) is 0. The van der Waals surface area contributed by atoms with Gasteiger partial charge >= 0.3 is 5.91 Å². The standard InChI is InChI=1S/C17H18N6O3S/c1-11-7-8-13-17(23(11)26-27)22(10-25-13)21-16(24)15-18-14(19-20-15)9-12-5-3-2-4-6-12/h2-8,11,27H,9-10H2,1H3,(H,21,24)(H,18,19,20)/t11-/m1/s1. The average Bonchev–Trinajstić information content (AvgIpc) is 3.30. The molecule has 1 atom stereocenters. The van der Waals surface area contributed by atoms with E-state index in [1.165, 1.54) is 10.1 Å². The van der Waals surface area contributed by atoms with Gasteiger partial charge in [0.2, 0.25) is 5.82 Å². The highest BCUT2D eigenvalue weighted by Crippen LogP contribution is 2.30. The highest BCUT2D eigenvalue weighted by atomic mass is 32.1. The molecule has 0 fully saturated rings. The minimum atomic E-state index is -0.454. The largest absolute Gasteiger partial charge is 0.467 e. The second-order valence-corrected chi connectivity index (χ2v) is 6.27. The Hall–Kier alpha value is -2.98. The molecular formula is C17H18N6O3S. The van der Waals surface area contributed by atoms with Crippen LogP contribution in [-0.2, 0) is 15.4 Å². The molecule has 1 aromatic heterocycles. The van der Waals surface area contributed by atoms with Crippen LogP contribution < -0.4 is 5.43 Å². The number of carbonyl (C=O) groups is 1. The third-order valence-corrected chi connectivity index (χ3v) is 4.38. The van der Waals surface area contributed by atoms with E-state index in [4.69, 9.17) is 9.02 Å². The number of rotatable bonds is 5. The van der Waals surface area contributed by atoms with Crippen molar-refractivity contribution in [2.45, 2.75) is 19.4 Å². The first-order chi connectivity index (χ1) is 13.2. The van der Waals surface area contributed by atoms with Crippen molar-refractivity contribution in [1.29, 1.82) is 0 Å². The van der Waals surface area contributed by atoms with Crippen LogP contribution in [0, 0.1) is 0 Å². The number of H-pyrrole nitrogens is 1. The summed E-state index contributed by atoms with van der Waals surface area (Å²) >= 11 is 3.89. The number of benzene rings is 1. The Morgan fingerprint density at radius 3 is 3.04 bits per heavy atom. The van der Waals surface area contributed by atoms with E-state index in [9.17, 15) is 4.79 Å². The zero-order valence-electron chi connectivity index (χ0n) is 14.5.